The van der Waals surface area contributed by atoms with Gasteiger partial charge in [0.05, 0.1) is 6.67 Å². The lowest BCUT2D eigenvalue weighted by Crippen LogP contribution is -2.30. The second-order valence-electron chi connectivity index (χ2n) is 4.85. The summed E-state index contributed by atoms with van der Waals surface area (Å²) in [6.45, 7) is 5.79. The Morgan fingerprint density at radius 1 is 1.35 bits per heavy atom. The Bertz CT molecular complexity index is 399. The van der Waals surface area contributed by atoms with Crippen LogP contribution in [0.3, 0.4) is 0 Å². The van der Waals surface area contributed by atoms with Gasteiger partial charge in [0.1, 0.15) is 0 Å². The molecule has 1 aliphatic rings. The summed E-state index contributed by atoms with van der Waals surface area (Å²) in [4.78, 5) is 16.4. The van der Waals surface area contributed by atoms with Gasteiger partial charge < -0.3 is 4.90 Å². The number of hydrogen-bond donors (Lipinski definition) is 0. The molecule has 1 heterocycles. The molecule has 0 N–H and O–H groups in total. The first kappa shape index (κ1) is 12.1. The van der Waals surface area contributed by atoms with Crippen molar-refractivity contribution >= 4 is 5.91 Å². The van der Waals surface area contributed by atoms with Crippen molar-refractivity contribution in [2.75, 3.05) is 20.3 Å². The minimum Gasteiger partial charge on any atom is -0.324 e. The van der Waals surface area contributed by atoms with E-state index in [0.29, 0.717) is 6.04 Å². The lowest BCUT2D eigenvalue weighted by Gasteiger charge is -2.15. The van der Waals surface area contributed by atoms with E-state index in [1.54, 1.807) is 0 Å². The fourth-order valence-electron chi connectivity index (χ4n) is 2.30. The predicted octanol–water partition coefficient (Wildman–Crippen LogP) is 2.12. The van der Waals surface area contributed by atoms with Crippen molar-refractivity contribution in [1.82, 2.24) is 9.80 Å². The largest absolute Gasteiger partial charge is 0.324 e. The lowest BCUT2D eigenvalue weighted by atomic mass is 10.1. The lowest BCUT2D eigenvalue weighted by molar-refractivity contribution is 0.0772. The Morgan fingerprint density at radius 2 is 2.00 bits per heavy atom. The smallest absolute Gasteiger partial charge is 0.254 e. The molecule has 3 nitrogen and oxygen atoms in total. The fourth-order valence-corrected chi connectivity index (χ4v) is 2.30. The highest BCUT2D eigenvalue weighted by Crippen LogP contribution is 2.16. The molecule has 1 atom stereocenters. The number of aryl methyl sites for hydroxylation is 1. The Morgan fingerprint density at radius 3 is 2.53 bits per heavy atom. The molecular weight excluding hydrogens is 212 g/mol. The standard InChI is InChI=1S/C14H20N2O/c1-4-13-9-16(10-15(13)3)14(17)12-7-5-11(2)6-8-12/h5-8,13H,4,9-10H2,1-3H3. The van der Waals surface area contributed by atoms with Crippen LogP contribution < -0.4 is 0 Å². The minimum atomic E-state index is 0.146. The average molecular weight is 232 g/mol. The van der Waals surface area contributed by atoms with Crippen LogP contribution in [0.5, 0.6) is 0 Å². The molecule has 1 unspecified atom stereocenters. The van der Waals surface area contributed by atoms with Crippen LogP contribution in [-0.2, 0) is 0 Å². The minimum absolute atomic E-state index is 0.146. The molecule has 1 aliphatic heterocycles. The summed E-state index contributed by atoms with van der Waals surface area (Å²) in [6, 6.07) is 8.31. The summed E-state index contributed by atoms with van der Waals surface area (Å²) in [5, 5.41) is 0. The number of carbonyl (C=O) groups is 1. The van der Waals surface area contributed by atoms with Crippen LogP contribution in [0.4, 0.5) is 0 Å². The summed E-state index contributed by atoms with van der Waals surface area (Å²) in [7, 11) is 2.08. The molecule has 0 aromatic heterocycles. The number of nitrogens with zero attached hydrogens (tertiary/aromatic N) is 2. The van der Waals surface area contributed by atoms with Gasteiger partial charge in [0.25, 0.3) is 5.91 Å². The van der Waals surface area contributed by atoms with Crippen LogP contribution in [0.2, 0.25) is 0 Å². The third-order valence-corrected chi connectivity index (χ3v) is 3.51. The maximum absolute atomic E-state index is 12.3. The van der Waals surface area contributed by atoms with Crippen molar-refractivity contribution in [2.45, 2.75) is 26.3 Å². The second-order valence-corrected chi connectivity index (χ2v) is 4.85. The summed E-state index contributed by atoms with van der Waals surface area (Å²) >= 11 is 0. The maximum atomic E-state index is 12.3. The van der Waals surface area contributed by atoms with Crippen molar-refractivity contribution in [1.29, 1.82) is 0 Å². The maximum Gasteiger partial charge on any atom is 0.254 e. The zero-order valence-electron chi connectivity index (χ0n) is 10.8. The van der Waals surface area contributed by atoms with E-state index in [4.69, 9.17) is 0 Å². The highest BCUT2D eigenvalue weighted by atomic mass is 16.2. The highest BCUT2D eigenvalue weighted by Gasteiger charge is 2.29. The molecule has 1 fully saturated rings. The first-order chi connectivity index (χ1) is 8.11. The first-order valence-electron chi connectivity index (χ1n) is 6.18. The molecule has 0 bridgehead atoms. The number of benzene rings is 1. The van der Waals surface area contributed by atoms with Crippen molar-refractivity contribution in [3.63, 3.8) is 0 Å². The van der Waals surface area contributed by atoms with Crippen LogP contribution in [0.25, 0.3) is 0 Å². The topological polar surface area (TPSA) is 23.6 Å². The van der Waals surface area contributed by atoms with Crippen LogP contribution in [0.1, 0.15) is 29.3 Å². The molecule has 0 aliphatic carbocycles. The summed E-state index contributed by atoms with van der Waals surface area (Å²) in [5.74, 6) is 0.146. The van der Waals surface area contributed by atoms with Gasteiger partial charge >= 0.3 is 0 Å². The molecule has 17 heavy (non-hydrogen) atoms. The number of likely N-dealkylation sites (N-methyl/N-ethyl adjacent to an activating group) is 1. The molecule has 0 saturated carbocycles. The number of rotatable bonds is 2. The van der Waals surface area contributed by atoms with Crippen LogP contribution >= 0.6 is 0 Å². The zero-order valence-corrected chi connectivity index (χ0v) is 10.8. The van der Waals surface area contributed by atoms with E-state index in [1.165, 1.54) is 5.56 Å². The molecule has 1 saturated heterocycles. The Kier molecular flexibility index (Phi) is 3.48. The quantitative estimate of drug-likeness (QED) is 0.779. The summed E-state index contributed by atoms with van der Waals surface area (Å²) in [6.07, 6.45) is 1.09. The summed E-state index contributed by atoms with van der Waals surface area (Å²) in [5.41, 5.74) is 1.98. The molecular formula is C14H20N2O. The molecule has 1 amide bonds. The predicted molar refractivity (Wildman–Crippen MR) is 68.9 cm³/mol. The second kappa shape index (κ2) is 4.88. The SMILES string of the molecule is CCC1CN(C(=O)c2ccc(C)cc2)CN1C. The van der Waals surface area contributed by atoms with Gasteiger partial charge in [-0.1, -0.05) is 24.6 Å². The van der Waals surface area contributed by atoms with Gasteiger partial charge in [0.15, 0.2) is 0 Å². The van der Waals surface area contributed by atoms with Gasteiger partial charge in [-0.15, -0.1) is 0 Å². The highest BCUT2D eigenvalue weighted by molar-refractivity contribution is 5.94. The van der Waals surface area contributed by atoms with E-state index in [1.807, 2.05) is 36.1 Å². The third-order valence-electron chi connectivity index (χ3n) is 3.51. The van der Waals surface area contributed by atoms with Crippen molar-refractivity contribution < 1.29 is 4.79 Å². The summed E-state index contributed by atoms with van der Waals surface area (Å²) < 4.78 is 0. The first-order valence-corrected chi connectivity index (χ1v) is 6.18. The van der Waals surface area contributed by atoms with Crippen molar-refractivity contribution in [3.05, 3.63) is 35.4 Å². The Labute approximate surface area is 103 Å². The van der Waals surface area contributed by atoms with Gasteiger partial charge in [-0.3, -0.25) is 9.69 Å². The Balaban J connectivity index is 2.09. The Hall–Kier alpha value is -1.35. The van der Waals surface area contributed by atoms with Crippen LogP contribution in [0, 0.1) is 6.92 Å². The molecule has 2 rings (SSSR count). The van der Waals surface area contributed by atoms with Gasteiger partial charge in [0.2, 0.25) is 0 Å². The molecule has 1 aromatic rings. The van der Waals surface area contributed by atoms with Gasteiger partial charge in [-0.05, 0) is 32.5 Å². The van der Waals surface area contributed by atoms with Gasteiger partial charge in [-0.25, -0.2) is 0 Å². The number of hydrogen-bond acceptors (Lipinski definition) is 2. The van der Waals surface area contributed by atoms with Gasteiger partial charge in [0, 0.05) is 18.2 Å². The zero-order chi connectivity index (χ0) is 12.4. The number of carbonyl (C=O) groups excluding carboxylic acids is 1. The van der Waals surface area contributed by atoms with E-state index < -0.39 is 0 Å². The van der Waals surface area contributed by atoms with Crippen LogP contribution in [0.15, 0.2) is 24.3 Å². The monoisotopic (exact) mass is 232 g/mol. The van der Waals surface area contributed by atoms with E-state index in [-0.39, 0.29) is 5.91 Å². The third kappa shape index (κ3) is 2.50. The van der Waals surface area contributed by atoms with Crippen molar-refractivity contribution in [2.24, 2.45) is 0 Å². The fraction of sp³-hybridized carbons (Fsp3) is 0.500. The average Bonchev–Trinajstić information content (AvgIpc) is 2.70. The van der Waals surface area contributed by atoms with Crippen molar-refractivity contribution in [3.8, 4) is 0 Å². The van der Waals surface area contributed by atoms with E-state index in [2.05, 4.69) is 18.9 Å². The molecule has 1 aromatic carbocycles. The molecule has 3 heteroatoms. The van der Waals surface area contributed by atoms with Gasteiger partial charge in [-0.2, -0.15) is 0 Å². The van der Waals surface area contributed by atoms with E-state index in [9.17, 15) is 4.79 Å². The molecule has 0 radical (unpaired) electrons. The normalized spacial score (nSPS) is 20.9. The molecule has 92 valence electrons. The van der Waals surface area contributed by atoms with E-state index >= 15 is 0 Å². The molecule has 0 spiro atoms. The van der Waals surface area contributed by atoms with E-state index in [0.717, 1.165) is 25.2 Å². The van der Waals surface area contributed by atoms with Crippen LogP contribution in [-0.4, -0.2) is 42.0 Å². The number of amides is 1.